The van der Waals surface area contributed by atoms with Crippen LogP contribution in [0.2, 0.25) is 10.3 Å². The summed E-state index contributed by atoms with van der Waals surface area (Å²) in [4.78, 5) is 8.79. The van der Waals surface area contributed by atoms with Crippen LogP contribution in [-0.2, 0) is 5.41 Å². The van der Waals surface area contributed by atoms with Crippen LogP contribution in [-0.4, -0.2) is 24.2 Å². The van der Waals surface area contributed by atoms with E-state index in [9.17, 15) is 0 Å². The highest BCUT2D eigenvalue weighted by Gasteiger charge is 2.23. The van der Waals surface area contributed by atoms with Crippen molar-refractivity contribution in [3.63, 3.8) is 0 Å². The highest BCUT2D eigenvalue weighted by molar-refractivity contribution is 6.30. The predicted octanol–water partition coefficient (Wildman–Crippen LogP) is 10.0. The number of hydrogen-bond acceptors (Lipinski definition) is 6. The van der Waals surface area contributed by atoms with Crippen LogP contribution in [0, 0.1) is 0 Å². The second kappa shape index (κ2) is 11.6. The Bertz CT molecular complexity index is 1800. The van der Waals surface area contributed by atoms with Crippen molar-refractivity contribution in [1.82, 2.24) is 9.97 Å². The van der Waals surface area contributed by atoms with Crippen molar-refractivity contribution in [3.05, 3.63) is 118 Å². The van der Waals surface area contributed by atoms with Crippen molar-refractivity contribution < 1.29 is 18.9 Å². The lowest BCUT2D eigenvalue weighted by atomic mass is 9.78. The number of rotatable bonds is 8. The fourth-order valence-corrected chi connectivity index (χ4v) is 5.39. The molecule has 0 bridgehead atoms. The number of pyridine rings is 2. The summed E-state index contributed by atoms with van der Waals surface area (Å²) in [6, 6.07) is 30.8. The summed E-state index contributed by atoms with van der Waals surface area (Å²) < 4.78 is 23.3. The summed E-state index contributed by atoms with van der Waals surface area (Å²) in [5, 5.41) is 2.35. The average Bonchev–Trinajstić information content (AvgIpc) is 3.01. The lowest BCUT2D eigenvalue weighted by Crippen LogP contribution is -2.18. The van der Waals surface area contributed by atoms with Gasteiger partial charge in [0.15, 0.2) is 0 Å². The summed E-state index contributed by atoms with van der Waals surface area (Å²) in [5.41, 5.74) is 3.44. The van der Waals surface area contributed by atoms with E-state index in [0.29, 0.717) is 44.8 Å². The third-order valence-electron chi connectivity index (χ3n) is 7.50. The molecule has 4 aromatic carbocycles. The monoisotopic (exact) mass is 610 g/mol. The molecule has 0 atom stereocenters. The van der Waals surface area contributed by atoms with E-state index < -0.39 is 0 Å². The van der Waals surface area contributed by atoms with Crippen LogP contribution in [0.5, 0.6) is 34.5 Å². The summed E-state index contributed by atoms with van der Waals surface area (Å²) in [5.74, 6) is 4.03. The first-order chi connectivity index (χ1) is 20.7. The third-order valence-corrected chi connectivity index (χ3v) is 7.89. The largest absolute Gasteiger partial charge is 0.497 e. The average molecular weight is 612 g/mol. The zero-order valence-corrected chi connectivity index (χ0v) is 25.5. The zero-order chi connectivity index (χ0) is 30.1. The minimum Gasteiger partial charge on any atom is -0.497 e. The molecule has 0 aliphatic heterocycles. The van der Waals surface area contributed by atoms with E-state index in [4.69, 9.17) is 42.1 Å². The van der Waals surface area contributed by atoms with Gasteiger partial charge in [0.05, 0.1) is 25.3 Å². The molecule has 0 saturated heterocycles. The minimum atomic E-state index is -0.281. The molecule has 0 aliphatic rings. The number of methoxy groups -OCH3 is 2. The van der Waals surface area contributed by atoms with E-state index in [1.807, 2.05) is 60.7 Å². The number of ether oxygens (including phenoxy) is 4. The molecule has 2 heterocycles. The highest BCUT2D eigenvalue weighted by Crippen LogP contribution is 2.38. The maximum Gasteiger partial charge on any atom is 0.140 e. The van der Waals surface area contributed by atoms with Crippen LogP contribution in [0.3, 0.4) is 0 Å². The summed E-state index contributed by atoms with van der Waals surface area (Å²) in [7, 11) is 3.25. The van der Waals surface area contributed by atoms with E-state index in [0.717, 1.165) is 32.9 Å². The number of hydrogen-bond donors (Lipinski definition) is 0. The van der Waals surface area contributed by atoms with Crippen LogP contribution in [0.4, 0.5) is 0 Å². The Kier molecular flexibility index (Phi) is 7.74. The Morgan fingerprint density at radius 2 is 0.884 bits per heavy atom. The molecule has 0 spiro atoms. The van der Waals surface area contributed by atoms with Gasteiger partial charge >= 0.3 is 0 Å². The molecule has 6 aromatic rings. The summed E-state index contributed by atoms with van der Waals surface area (Å²) in [6.45, 7) is 4.37. The van der Waals surface area contributed by atoms with E-state index >= 15 is 0 Å². The number of aromatic nitrogens is 2. The van der Waals surface area contributed by atoms with E-state index in [2.05, 4.69) is 48.1 Å². The van der Waals surface area contributed by atoms with Gasteiger partial charge < -0.3 is 18.9 Å². The minimum absolute atomic E-state index is 0.281. The molecule has 43 heavy (non-hydrogen) atoms. The molecule has 216 valence electrons. The Balaban J connectivity index is 1.22. The molecule has 2 aromatic heterocycles. The molecule has 0 radical (unpaired) electrons. The Labute approximate surface area is 259 Å². The first-order valence-corrected chi connectivity index (χ1v) is 14.3. The van der Waals surface area contributed by atoms with E-state index in [1.54, 1.807) is 26.4 Å². The lowest BCUT2D eigenvalue weighted by molar-refractivity contribution is 0.415. The van der Waals surface area contributed by atoms with Crippen molar-refractivity contribution in [2.75, 3.05) is 14.2 Å². The quantitative estimate of drug-likeness (QED) is 0.160. The molecule has 8 heteroatoms. The molecule has 0 amide bonds. The second-order valence-corrected chi connectivity index (χ2v) is 11.3. The van der Waals surface area contributed by atoms with Gasteiger partial charge in [-0.3, -0.25) is 0 Å². The molecule has 6 rings (SSSR count). The molecular weight excluding hydrogens is 583 g/mol. The fraction of sp³-hybridized carbons (Fsp3) is 0.143. The molecule has 0 unspecified atom stereocenters. The maximum atomic E-state index is 6.27. The van der Waals surface area contributed by atoms with Crippen molar-refractivity contribution in [2.24, 2.45) is 0 Å². The highest BCUT2D eigenvalue weighted by atomic mass is 35.5. The van der Waals surface area contributed by atoms with E-state index in [-0.39, 0.29) is 5.41 Å². The van der Waals surface area contributed by atoms with Crippen molar-refractivity contribution in [3.8, 4) is 34.5 Å². The lowest BCUT2D eigenvalue weighted by Gasteiger charge is -2.26. The Morgan fingerprint density at radius 3 is 1.26 bits per heavy atom. The third kappa shape index (κ3) is 5.89. The van der Waals surface area contributed by atoms with E-state index in [1.165, 1.54) is 0 Å². The normalized spacial score (nSPS) is 11.5. The Hall–Kier alpha value is -4.52. The van der Waals surface area contributed by atoms with Crippen molar-refractivity contribution in [1.29, 1.82) is 0 Å². The first-order valence-electron chi connectivity index (χ1n) is 13.6. The second-order valence-electron chi connectivity index (χ2n) is 10.5. The number of benzene rings is 4. The van der Waals surface area contributed by atoms with Crippen LogP contribution in [0.25, 0.3) is 21.8 Å². The summed E-state index contributed by atoms with van der Waals surface area (Å²) in [6.07, 6.45) is 0. The van der Waals surface area contributed by atoms with Gasteiger partial charge in [-0.1, -0.05) is 61.3 Å². The van der Waals surface area contributed by atoms with Gasteiger partial charge in [-0.05, 0) is 71.8 Å². The van der Waals surface area contributed by atoms with Crippen molar-refractivity contribution >= 4 is 45.0 Å². The fourth-order valence-electron chi connectivity index (χ4n) is 5.01. The van der Waals surface area contributed by atoms with Crippen molar-refractivity contribution in [2.45, 2.75) is 19.3 Å². The molecular formula is C35H28Cl2N2O4. The maximum absolute atomic E-state index is 6.27. The molecule has 0 saturated carbocycles. The number of fused-ring (bicyclic) bond motifs is 2. The molecule has 0 N–H and O–H groups in total. The van der Waals surface area contributed by atoms with Gasteiger partial charge in [0.2, 0.25) is 0 Å². The molecule has 0 aliphatic carbocycles. The van der Waals surface area contributed by atoms with Gasteiger partial charge in [0.25, 0.3) is 0 Å². The van der Waals surface area contributed by atoms with Crippen LogP contribution >= 0.6 is 23.2 Å². The number of nitrogens with zero attached hydrogens (tertiary/aromatic N) is 2. The molecule has 0 fully saturated rings. The molecule has 6 nitrogen and oxygen atoms in total. The van der Waals surface area contributed by atoms with Gasteiger partial charge in [0, 0.05) is 28.3 Å². The van der Waals surface area contributed by atoms with Gasteiger partial charge in [-0.15, -0.1) is 0 Å². The standard InChI is InChI=1S/C35H28Cl2N2O4/c1-35(2,21-5-9-23(10-6-21)42-31-19-33(36)38-29-15-13-25(40-3)17-27(29)31)22-7-11-24(12-8-22)43-32-20-34(37)39-30-16-14-26(41-4)18-28(30)32/h5-20H,1-4H3. The van der Waals surface area contributed by atoms with Gasteiger partial charge in [-0.2, -0.15) is 0 Å². The van der Waals surface area contributed by atoms with Crippen LogP contribution in [0.15, 0.2) is 97.1 Å². The first kappa shape index (κ1) is 28.6. The van der Waals surface area contributed by atoms with Gasteiger partial charge in [0.1, 0.15) is 44.8 Å². The van der Waals surface area contributed by atoms with Gasteiger partial charge in [-0.25, -0.2) is 9.97 Å². The smallest absolute Gasteiger partial charge is 0.140 e. The Morgan fingerprint density at radius 1 is 0.512 bits per heavy atom. The summed E-state index contributed by atoms with van der Waals surface area (Å²) >= 11 is 12.5. The van der Waals surface area contributed by atoms with Crippen LogP contribution < -0.4 is 18.9 Å². The predicted molar refractivity (Wildman–Crippen MR) is 172 cm³/mol. The SMILES string of the molecule is COc1ccc2nc(Cl)cc(Oc3ccc(C(C)(C)c4ccc(Oc5cc(Cl)nc6ccc(OC)cc56)cc4)cc3)c2c1. The number of halogens is 2. The van der Waals surface area contributed by atoms with Crippen LogP contribution in [0.1, 0.15) is 25.0 Å². The zero-order valence-electron chi connectivity index (χ0n) is 24.0. The topological polar surface area (TPSA) is 62.7 Å².